The van der Waals surface area contributed by atoms with E-state index in [0.29, 0.717) is 89.6 Å². The number of carbonyl (C=O) groups is 8. The first-order valence-corrected chi connectivity index (χ1v) is 46.9. The molecule has 2 aromatic carbocycles. The maximum absolute atomic E-state index is 15.1. The second-order valence-corrected chi connectivity index (χ2v) is 43.2. The number of hydrogen-bond donors (Lipinski definition) is 2. The minimum Gasteiger partial charge on any atom is -0.491 e. The van der Waals surface area contributed by atoms with Crippen LogP contribution in [0.2, 0.25) is 0 Å². The molecule has 4 aliphatic heterocycles. The number of methoxy groups -OCH3 is 2. The number of esters is 2. The van der Waals surface area contributed by atoms with E-state index >= 15 is 9.59 Å². The molecule has 28 nitrogen and oxygen atoms in total. The molecule has 2 saturated heterocycles. The van der Waals surface area contributed by atoms with Crippen molar-refractivity contribution < 1.29 is 137 Å². The second-order valence-electron chi connectivity index (χ2n) is 38.8. The van der Waals surface area contributed by atoms with Crippen molar-refractivity contribution in [1.82, 2.24) is 39.2 Å². The lowest BCUT2D eigenvalue weighted by atomic mass is 9.81. The lowest BCUT2D eigenvalue weighted by Crippen LogP contribution is -2.49. The summed E-state index contributed by atoms with van der Waals surface area (Å²) in [5, 5.41) is 0. The average Bonchev–Trinajstić information content (AvgIpc) is 1.56. The summed E-state index contributed by atoms with van der Waals surface area (Å²) in [6.45, 7) is 18.0. The van der Waals surface area contributed by atoms with Gasteiger partial charge in [-0.25, -0.2) is 54.3 Å². The molecule has 14 atom stereocenters. The molecule has 4 saturated carbocycles. The summed E-state index contributed by atoms with van der Waals surface area (Å²) in [4.78, 5) is 133. The van der Waals surface area contributed by atoms with Crippen molar-refractivity contribution >= 4 is 89.2 Å². The summed E-state index contributed by atoms with van der Waals surface area (Å²) in [6.07, 6.45) is -5.14. The SMILES string of the molecule is COC[C@@H]1C[C@@H](C)CC/C=C\[C@@H]2C[C@@]2(C(=O)NS(=O)(=O)C2(C)CC2)CC(=O)[C@@H]2C[C@@H](Oc3nc4cc(OC(C)C)ccc4nc3C(F)(F)F)CN2C(=O)[C@H]1CC(=O)OC(C)(C)C(C)(F)F.COC[C@@H]1C[C@H](C)CC/C=C\[C@@H]2C[C@@]2(C(=O)NS(=O)(=O)C2(C)CC2)CC(=O)[C@@H]2C[C@@H](Oc3nc4cc(OC(C)C)ccc4nc3C(F)(F)F)CN2C(=O)[C@H]1CC(=O)OC(C)(C)C(C)(F)F. The Morgan fingerprint density at radius 1 is 0.515 bits per heavy atom. The van der Waals surface area contributed by atoms with Crippen LogP contribution in [0.4, 0.5) is 43.9 Å². The molecule has 2 N–H and O–H groups in total. The summed E-state index contributed by atoms with van der Waals surface area (Å²) in [7, 11) is -5.50. The van der Waals surface area contributed by atoms with Crippen molar-refractivity contribution in [2.45, 2.75) is 294 Å². The molecule has 0 unspecified atom stereocenters. The first-order chi connectivity index (χ1) is 60.2. The lowest BCUT2D eigenvalue weighted by molar-refractivity contribution is -0.197. The zero-order valence-corrected chi connectivity index (χ0v) is 77.5. The molecular weight excluding hydrogens is 1770 g/mol. The van der Waals surface area contributed by atoms with Gasteiger partial charge >= 0.3 is 24.3 Å². The smallest absolute Gasteiger partial charge is 0.438 e. The van der Waals surface area contributed by atoms with Gasteiger partial charge in [0.2, 0.25) is 66.8 Å². The summed E-state index contributed by atoms with van der Waals surface area (Å²) in [5.41, 5.74) is -10.8. The maximum Gasteiger partial charge on any atom is 0.438 e. The number of halogens is 10. The Bertz CT molecular complexity index is 4910. The largest absolute Gasteiger partial charge is 0.491 e. The van der Waals surface area contributed by atoms with Crippen LogP contribution in [0.5, 0.6) is 23.3 Å². The highest BCUT2D eigenvalue weighted by Crippen LogP contribution is 2.60. The van der Waals surface area contributed by atoms with Crippen molar-refractivity contribution in [3.63, 3.8) is 0 Å². The summed E-state index contributed by atoms with van der Waals surface area (Å²) >= 11 is 0. The molecule has 6 heterocycles. The van der Waals surface area contributed by atoms with Crippen molar-refractivity contribution in [3.8, 4) is 23.3 Å². The highest BCUT2D eigenvalue weighted by atomic mass is 32.2. The summed E-state index contributed by atoms with van der Waals surface area (Å²) in [6, 6.07) is 5.39. The first kappa shape index (κ1) is 102. The van der Waals surface area contributed by atoms with E-state index in [9.17, 15) is 89.5 Å². The van der Waals surface area contributed by atoms with E-state index in [1.165, 1.54) is 64.5 Å². The molecule has 0 bridgehead atoms. The van der Waals surface area contributed by atoms with Gasteiger partial charge < -0.3 is 47.7 Å². The topological polar surface area (TPSA) is 361 Å². The molecule has 6 fully saturated rings. The van der Waals surface area contributed by atoms with Crippen LogP contribution in [-0.2, 0) is 89.7 Å². The number of aromatic nitrogens is 4. The Kier molecular flexibility index (Phi) is 29.9. The van der Waals surface area contributed by atoms with E-state index in [1.807, 2.05) is 26.0 Å². The Hall–Kier alpha value is -8.92. The minimum absolute atomic E-state index is 0.00220. The monoisotopic (exact) mass is 1880 g/mol. The van der Waals surface area contributed by atoms with Gasteiger partial charge in [0.25, 0.3) is 11.8 Å². The van der Waals surface area contributed by atoms with Crippen LogP contribution in [-0.4, -0.2) is 203 Å². The molecule has 8 aliphatic rings. The second kappa shape index (κ2) is 38.2. The van der Waals surface area contributed by atoms with Gasteiger partial charge in [0.15, 0.2) is 22.8 Å². The predicted molar refractivity (Wildman–Crippen MR) is 452 cm³/mol. The third-order valence-corrected chi connectivity index (χ3v) is 31.0. The van der Waals surface area contributed by atoms with Crippen LogP contribution in [0.1, 0.15) is 224 Å². The number of rotatable bonds is 26. The van der Waals surface area contributed by atoms with E-state index in [-0.39, 0.29) is 72.2 Å². The van der Waals surface area contributed by atoms with Crippen LogP contribution >= 0.6 is 0 Å². The lowest BCUT2D eigenvalue weighted by Gasteiger charge is -2.35. The number of ketones is 2. The zero-order valence-electron chi connectivity index (χ0n) is 75.9. The fourth-order valence-electron chi connectivity index (χ4n) is 17.3. The van der Waals surface area contributed by atoms with Crippen molar-refractivity contribution in [3.05, 3.63) is 72.1 Å². The molecule has 4 amide bonds. The van der Waals surface area contributed by atoms with Crippen molar-refractivity contribution in [1.29, 1.82) is 0 Å². The number of benzene rings is 2. The van der Waals surface area contributed by atoms with Gasteiger partial charge in [-0.05, 0) is 206 Å². The Morgan fingerprint density at radius 2 is 0.862 bits per heavy atom. The van der Waals surface area contributed by atoms with Gasteiger partial charge in [-0.2, -0.15) is 26.3 Å². The van der Waals surface area contributed by atoms with Gasteiger partial charge in [-0.1, -0.05) is 38.2 Å². The number of sulfonamides is 2. The van der Waals surface area contributed by atoms with Gasteiger partial charge in [-0.15, -0.1) is 0 Å². The molecule has 4 aliphatic carbocycles. The van der Waals surface area contributed by atoms with Crippen molar-refractivity contribution in [2.75, 3.05) is 40.5 Å². The average molecular weight is 1890 g/mol. The predicted octanol–water partition coefficient (Wildman–Crippen LogP) is 14.7. The highest BCUT2D eigenvalue weighted by Gasteiger charge is 2.65. The summed E-state index contributed by atoms with van der Waals surface area (Å²) in [5.74, 6) is -20.8. The van der Waals surface area contributed by atoms with E-state index in [1.54, 1.807) is 39.8 Å². The van der Waals surface area contributed by atoms with Crippen molar-refractivity contribution in [2.24, 2.45) is 58.2 Å². The van der Waals surface area contributed by atoms with Crippen LogP contribution < -0.4 is 28.4 Å². The molecule has 0 spiro atoms. The Balaban J connectivity index is 0.000000251. The Morgan fingerprint density at radius 3 is 1.17 bits per heavy atom. The van der Waals surface area contributed by atoms with E-state index in [4.69, 9.17) is 37.9 Å². The van der Waals surface area contributed by atoms with Gasteiger partial charge in [-0.3, -0.25) is 47.8 Å². The Labute approximate surface area is 749 Å². The fraction of sp³-hybridized carbons (Fsp3) is 0.689. The van der Waals surface area contributed by atoms with Gasteiger partial charge in [0.1, 0.15) is 23.7 Å². The third-order valence-electron chi connectivity index (χ3n) is 26.6. The number of alkyl halides is 10. The normalized spacial score (nSPS) is 28.1. The number of nitrogens with one attached hydrogen (secondary N) is 2. The van der Waals surface area contributed by atoms with E-state index in [2.05, 4.69) is 29.4 Å². The number of allylic oxidation sites excluding steroid dienone is 4. The van der Waals surface area contributed by atoms with Crippen LogP contribution in [0, 0.1) is 58.2 Å². The first-order valence-electron chi connectivity index (χ1n) is 43.9. The van der Waals surface area contributed by atoms with Crippen LogP contribution in [0.15, 0.2) is 60.7 Å². The third kappa shape index (κ3) is 23.3. The molecule has 0 radical (unpaired) electrons. The number of ether oxygens (including phenoxy) is 8. The molecular formula is C90H118F10N8O20S2. The molecule has 2 aromatic heterocycles. The number of amides is 4. The fourth-order valence-corrected chi connectivity index (χ4v) is 20.0. The number of nitrogens with zero attached hydrogens (tertiary/aromatic N) is 6. The minimum atomic E-state index is -5.07. The molecule has 40 heteroatoms. The van der Waals surface area contributed by atoms with Gasteiger partial charge in [0.05, 0.1) is 104 Å². The molecule has 4 aromatic rings. The van der Waals surface area contributed by atoms with Gasteiger partial charge in [0, 0.05) is 79.1 Å². The molecule has 130 heavy (non-hydrogen) atoms. The highest BCUT2D eigenvalue weighted by molar-refractivity contribution is 7.92. The summed E-state index contributed by atoms with van der Waals surface area (Å²) < 4.78 is 246. The number of carbonyl (C=O) groups excluding carboxylic acids is 8. The van der Waals surface area contributed by atoms with Crippen LogP contribution in [0.25, 0.3) is 22.1 Å². The standard InChI is InChI=1S/2C45H59F5N4O10S/c2*1-25(2)62-29-13-14-32-33(18-29)52-38(37(51-32)45(48,49)50)63-30-19-34-35(55)22-44(40(58)53-65(59,60)42(6)15-16-42)21-28(44)12-10-9-11-26(3)17-27(24-61-8)31(39(57)54(34)23-30)20-36(56)64-41(4,5)43(7,46)47/h2*10,12-14,18,25-28,30-31,34H,9,11,15-17,19-24H2,1-8H3,(H,53,58)/b2*12-10-/t26-,27+,28-,30-,31+,34+,44-;26-,27-,28+,30+,31-,34-,44+/m10/s1. The number of Topliss-reactive ketones (excluding diaryl/α,β-unsaturated/α-hetero) is 2. The number of fused-ring (bicyclic) bond motifs is 6. The molecule has 720 valence electrons. The number of hydrogen-bond acceptors (Lipinski definition) is 24. The van der Waals surface area contributed by atoms with E-state index < -0.39 is 257 Å². The zero-order chi connectivity index (χ0) is 96.2. The molecule has 12 rings (SSSR count). The maximum atomic E-state index is 15.1. The van der Waals surface area contributed by atoms with E-state index in [0.717, 1.165) is 37.5 Å². The quantitative estimate of drug-likeness (QED) is 0.0335. The van der Waals surface area contributed by atoms with Crippen LogP contribution in [0.3, 0.4) is 0 Å².